The molecule has 0 unspecified atom stereocenters. The lowest BCUT2D eigenvalue weighted by Crippen LogP contribution is -2.44. The van der Waals surface area contributed by atoms with Crippen LogP contribution in [0.25, 0.3) is 16.7 Å². The van der Waals surface area contributed by atoms with Gasteiger partial charge in [-0.1, -0.05) is 20.8 Å². The summed E-state index contributed by atoms with van der Waals surface area (Å²) in [5.41, 5.74) is 1.34. The van der Waals surface area contributed by atoms with E-state index in [1.54, 1.807) is 20.5 Å². The molecular formula is C38H56N6O6Si. The molecule has 1 aliphatic rings. The van der Waals surface area contributed by atoms with E-state index in [1.807, 2.05) is 78.8 Å². The van der Waals surface area contributed by atoms with E-state index in [4.69, 9.17) is 23.6 Å². The van der Waals surface area contributed by atoms with Crippen LogP contribution in [0.4, 0.5) is 21.1 Å². The van der Waals surface area contributed by atoms with E-state index in [-0.39, 0.29) is 17.2 Å². The van der Waals surface area contributed by atoms with Crippen LogP contribution >= 0.6 is 0 Å². The summed E-state index contributed by atoms with van der Waals surface area (Å²) in [5, 5.41) is 5.35. The molecule has 12 nitrogen and oxygen atoms in total. The van der Waals surface area contributed by atoms with Crippen LogP contribution in [-0.4, -0.2) is 75.5 Å². The third-order valence-corrected chi connectivity index (χ3v) is 13.8. The van der Waals surface area contributed by atoms with Crippen LogP contribution in [0.3, 0.4) is 0 Å². The van der Waals surface area contributed by atoms with Gasteiger partial charge in [-0.3, -0.25) is 0 Å². The number of amides is 2. The summed E-state index contributed by atoms with van der Waals surface area (Å²) in [6.07, 6.45) is 2.40. The van der Waals surface area contributed by atoms with Crippen LogP contribution < -0.4 is 9.64 Å². The molecule has 278 valence electrons. The minimum atomic E-state index is -2.18. The topological polar surface area (TPSA) is 113 Å². The Morgan fingerprint density at radius 3 is 2.24 bits per heavy atom. The molecule has 3 aromatic heterocycles. The molecule has 0 saturated carbocycles. The lowest BCUT2D eigenvalue weighted by Gasteiger charge is -2.37. The minimum absolute atomic E-state index is 0.00647. The number of anilines is 2. The van der Waals surface area contributed by atoms with Crippen LogP contribution in [-0.2, 0) is 20.5 Å². The number of rotatable bonds is 8. The molecule has 1 aromatic carbocycles. The summed E-state index contributed by atoms with van der Waals surface area (Å²) >= 11 is 0. The monoisotopic (exact) mass is 720 g/mol. The van der Waals surface area contributed by atoms with Crippen molar-refractivity contribution >= 4 is 48.7 Å². The molecule has 1 aliphatic heterocycles. The van der Waals surface area contributed by atoms with Gasteiger partial charge in [-0.25, -0.2) is 19.5 Å². The zero-order chi connectivity index (χ0) is 37.5. The molecule has 5 rings (SSSR count). The number of fused-ring (bicyclic) bond motifs is 2. The number of carbonyl (C=O) groups is 2. The van der Waals surface area contributed by atoms with Gasteiger partial charge in [0.1, 0.15) is 22.6 Å². The molecule has 4 heterocycles. The highest BCUT2D eigenvalue weighted by atomic mass is 28.4. The third kappa shape index (κ3) is 8.52. The van der Waals surface area contributed by atoms with Crippen molar-refractivity contribution in [3.05, 3.63) is 48.3 Å². The van der Waals surface area contributed by atoms with Crippen molar-refractivity contribution in [3.63, 3.8) is 0 Å². The highest BCUT2D eigenvalue weighted by Crippen LogP contribution is 2.41. The van der Waals surface area contributed by atoms with Crippen LogP contribution in [0.1, 0.15) is 93.8 Å². The zero-order valence-corrected chi connectivity index (χ0v) is 33.5. The number of ether oxygens (including phenoxy) is 3. The quantitative estimate of drug-likeness (QED) is 0.166. The van der Waals surface area contributed by atoms with Gasteiger partial charge in [-0.15, -0.1) is 0 Å². The average molecular weight is 721 g/mol. The van der Waals surface area contributed by atoms with Crippen molar-refractivity contribution in [2.45, 2.75) is 124 Å². The van der Waals surface area contributed by atoms with Gasteiger partial charge in [0.05, 0.1) is 36.5 Å². The standard InChI is InChI=1S/C38H56N6O6Si/c1-13-47-29-18-16-26(17-19-29)43(35(46)50-37(5,6)7)33-30-23-28(25-48-51(11,12)38(8,9)10)42(32(30)40-31-20-21-39-44(31)33)27-15-14-22-41(24-27)34(45)49-36(2,3)4/h16-21,23,27H,13-15,22,24-25H2,1-12H3/t27-/m0/s1. The van der Waals surface area contributed by atoms with Gasteiger partial charge in [0, 0.05) is 24.8 Å². The number of piperidine rings is 1. The van der Waals surface area contributed by atoms with Crippen LogP contribution in [0.2, 0.25) is 18.1 Å². The van der Waals surface area contributed by atoms with E-state index in [9.17, 15) is 9.59 Å². The predicted molar refractivity (Wildman–Crippen MR) is 203 cm³/mol. The van der Waals surface area contributed by atoms with Crippen molar-refractivity contribution in [2.75, 3.05) is 24.6 Å². The normalized spacial score (nSPS) is 16.1. The van der Waals surface area contributed by atoms with Crippen LogP contribution in [0.15, 0.2) is 42.6 Å². The van der Waals surface area contributed by atoms with Crippen molar-refractivity contribution in [1.82, 2.24) is 24.1 Å². The second-order valence-corrected chi connectivity index (χ2v) is 21.6. The first-order chi connectivity index (χ1) is 23.7. The number of nitrogens with zero attached hydrogens (tertiary/aromatic N) is 6. The largest absolute Gasteiger partial charge is 0.494 e. The second kappa shape index (κ2) is 14.1. The third-order valence-electron chi connectivity index (χ3n) is 9.37. The molecule has 13 heteroatoms. The summed E-state index contributed by atoms with van der Waals surface area (Å²) in [6, 6.07) is 11.1. The Labute approximate surface area is 303 Å². The summed E-state index contributed by atoms with van der Waals surface area (Å²) in [5.74, 6) is 1.18. The smallest absolute Gasteiger partial charge is 0.420 e. The van der Waals surface area contributed by atoms with Crippen LogP contribution in [0.5, 0.6) is 5.75 Å². The van der Waals surface area contributed by atoms with Crippen molar-refractivity contribution in [2.24, 2.45) is 0 Å². The molecular weight excluding hydrogens is 665 g/mol. The van der Waals surface area contributed by atoms with Crippen molar-refractivity contribution in [1.29, 1.82) is 0 Å². The maximum absolute atomic E-state index is 14.3. The van der Waals surface area contributed by atoms with Gasteiger partial charge < -0.3 is 28.1 Å². The van der Waals surface area contributed by atoms with E-state index in [2.05, 4.69) is 49.6 Å². The molecule has 1 fully saturated rings. The summed E-state index contributed by atoms with van der Waals surface area (Å²) in [7, 11) is -2.18. The highest BCUT2D eigenvalue weighted by Gasteiger charge is 2.39. The molecule has 51 heavy (non-hydrogen) atoms. The van der Waals surface area contributed by atoms with Crippen LogP contribution in [0, 0.1) is 0 Å². The first kappa shape index (κ1) is 38.1. The zero-order valence-electron chi connectivity index (χ0n) is 32.5. The molecule has 0 aliphatic carbocycles. The van der Waals surface area contributed by atoms with Gasteiger partial charge >= 0.3 is 12.2 Å². The number of carbonyl (C=O) groups excluding carboxylic acids is 2. The molecule has 2 amide bonds. The first-order valence-corrected chi connectivity index (χ1v) is 20.9. The SMILES string of the molecule is CCOc1ccc(N(C(=O)OC(C)(C)C)c2c3cc(CO[Si](C)(C)C(C)(C)C)n([C@H]4CCCN(C(=O)OC(C)(C)C)C4)c3nc3ccnn23)cc1. The molecule has 1 saturated heterocycles. The Morgan fingerprint density at radius 1 is 0.961 bits per heavy atom. The van der Waals surface area contributed by atoms with Crippen molar-refractivity contribution in [3.8, 4) is 5.75 Å². The van der Waals surface area contributed by atoms with E-state index >= 15 is 0 Å². The summed E-state index contributed by atoms with van der Waals surface area (Å²) in [6.45, 7) is 26.2. The number of aromatic nitrogens is 4. The number of hydrogen-bond donors (Lipinski definition) is 0. The Hall–Kier alpha value is -4.10. The van der Waals surface area contributed by atoms with Crippen molar-refractivity contribution < 1.29 is 28.2 Å². The van der Waals surface area contributed by atoms with E-state index < -0.39 is 25.6 Å². The number of hydrogen-bond acceptors (Lipinski definition) is 8. The van der Waals surface area contributed by atoms with Gasteiger partial charge in [0.2, 0.25) is 0 Å². The second-order valence-electron chi connectivity index (χ2n) is 16.8. The fourth-order valence-corrected chi connectivity index (χ4v) is 6.90. The Bertz CT molecular complexity index is 1860. The summed E-state index contributed by atoms with van der Waals surface area (Å²) < 4.78 is 28.3. The first-order valence-electron chi connectivity index (χ1n) is 17.9. The maximum Gasteiger partial charge on any atom is 0.420 e. The summed E-state index contributed by atoms with van der Waals surface area (Å²) in [4.78, 5) is 36.1. The maximum atomic E-state index is 14.3. The number of benzene rings is 1. The van der Waals surface area contributed by atoms with Gasteiger partial charge in [0.15, 0.2) is 19.8 Å². The molecule has 0 radical (unpaired) electrons. The fourth-order valence-electron chi connectivity index (χ4n) is 5.95. The average Bonchev–Trinajstić information content (AvgIpc) is 3.63. The van der Waals surface area contributed by atoms with E-state index in [0.717, 1.165) is 18.5 Å². The molecule has 0 bridgehead atoms. The Morgan fingerprint density at radius 2 is 1.63 bits per heavy atom. The van der Waals surface area contributed by atoms with Gasteiger partial charge in [0.25, 0.3) is 0 Å². The Kier molecular flexibility index (Phi) is 10.6. The van der Waals surface area contributed by atoms with E-state index in [1.165, 1.54) is 0 Å². The molecule has 1 atom stereocenters. The molecule has 0 spiro atoms. The lowest BCUT2D eigenvalue weighted by atomic mass is 10.1. The van der Waals surface area contributed by atoms with E-state index in [0.29, 0.717) is 60.2 Å². The molecule has 0 N–H and O–H groups in total. The minimum Gasteiger partial charge on any atom is -0.494 e. The van der Waals surface area contributed by atoms with Gasteiger partial charge in [-0.2, -0.15) is 9.61 Å². The molecule has 4 aromatic rings. The number of likely N-dealkylation sites (tertiary alicyclic amines) is 1. The lowest BCUT2D eigenvalue weighted by molar-refractivity contribution is 0.0172. The highest BCUT2D eigenvalue weighted by molar-refractivity contribution is 6.74. The van der Waals surface area contributed by atoms with Gasteiger partial charge in [-0.05, 0) is 110 Å². The fraction of sp³-hybridized carbons (Fsp3) is 0.579. The Balaban J connectivity index is 1.74. The predicted octanol–water partition coefficient (Wildman–Crippen LogP) is 9.25.